The molecule has 2 rings (SSSR count). The molecule has 0 aromatic heterocycles. The Morgan fingerprint density at radius 2 is 0.962 bits per heavy atom. The van der Waals surface area contributed by atoms with Gasteiger partial charge in [-0.1, -0.05) is 20.8 Å². The molecule has 2 heterocycles. The van der Waals surface area contributed by atoms with Gasteiger partial charge in [-0.25, -0.2) is 0 Å². The number of hydrogen-bond donors (Lipinski definition) is 0. The monoisotopic (exact) mass is 365 g/mol. The summed E-state index contributed by atoms with van der Waals surface area (Å²) in [5.41, 5.74) is 1.39. The van der Waals surface area contributed by atoms with Crippen LogP contribution in [0.4, 0.5) is 0 Å². The molecule has 2 aliphatic rings. The van der Waals surface area contributed by atoms with E-state index in [2.05, 4.69) is 83.9 Å². The maximum absolute atomic E-state index is 2.74. The summed E-state index contributed by atoms with van der Waals surface area (Å²) in [5, 5.41) is 0. The lowest BCUT2D eigenvalue weighted by molar-refractivity contribution is -0.0535. The van der Waals surface area contributed by atoms with Crippen molar-refractivity contribution in [1.29, 1.82) is 0 Å². The summed E-state index contributed by atoms with van der Waals surface area (Å²) in [7, 11) is 0. The third-order valence-corrected chi connectivity index (χ3v) is 7.40. The Bertz CT molecular complexity index is 453. The summed E-state index contributed by atoms with van der Waals surface area (Å²) in [5.74, 6) is 0.861. The van der Waals surface area contributed by atoms with Gasteiger partial charge in [-0.3, -0.25) is 14.7 Å². The van der Waals surface area contributed by atoms with Crippen LogP contribution >= 0.6 is 0 Å². The molecule has 0 aromatic rings. The fraction of sp³-hybridized carbons (Fsp3) is 1.00. The highest BCUT2D eigenvalue weighted by molar-refractivity contribution is 4.97. The molecule has 3 heteroatoms. The molecule has 2 saturated heterocycles. The molecule has 154 valence electrons. The molecule has 0 amide bonds. The molecule has 2 aliphatic heterocycles. The van der Waals surface area contributed by atoms with Crippen molar-refractivity contribution in [1.82, 2.24) is 14.7 Å². The van der Waals surface area contributed by atoms with Crippen LogP contribution in [0.2, 0.25) is 0 Å². The Morgan fingerprint density at radius 1 is 0.577 bits per heavy atom. The number of rotatable bonds is 5. The van der Waals surface area contributed by atoms with E-state index in [0.29, 0.717) is 22.0 Å². The molecular formula is C23H47N3. The van der Waals surface area contributed by atoms with Gasteiger partial charge in [0.25, 0.3) is 0 Å². The molecule has 2 fully saturated rings. The van der Waals surface area contributed by atoms with E-state index in [9.17, 15) is 0 Å². The van der Waals surface area contributed by atoms with Gasteiger partial charge in [0.2, 0.25) is 0 Å². The third-order valence-electron chi connectivity index (χ3n) is 7.40. The van der Waals surface area contributed by atoms with Gasteiger partial charge >= 0.3 is 0 Å². The van der Waals surface area contributed by atoms with Crippen LogP contribution < -0.4 is 0 Å². The van der Waals surface area contributed by atoms with Gasteiger partial charge in [-0.15, -0.1) is 0 Å². The van der Waals surface area contributed by atoms with Gasteiger partial charge < -0.3 is 0 Å². The van der Waals surface area contributed by atoms with Gasteiger partial charge in [-0.05, 0) is 72.6 Å². The highest BCUT2D eigenvalue weighted by Gasteiger charge is 2.43. The van der Waals surface area contributed by atoms with Crippen molar-refractivity contribution >= 4 is 0 Å². The molecule has 0 aliphatic carbocycles. The molecule has 0 spiro atoms. The first-order valence-electron chi connectivity index (χ1n) is 10.9. The molecule has 0 bridgehead atoms. The van der Waals surface area contributed by atoms with E-state index in [1.165, 1.54) is 52.1 Å². The van der Waals surface area contributed by atoms with E-state index in [0.717, 1.165) is 5.92 Å². The molecule has 26 heavy (non-hydrogen) atoms. The summed E-state index contributed by atoms with van der Waals surface area (Å²) in [6.45, 7) is 31.4. The average molecular weight is 366 g/mol. The number of hydrogen-bond acceptors (Lipinski definition) is 3. The summed E-state index contributed by atoms with van der Waals surface area (Å²) in [4.78, 5) is 8.09. The number of nitrogens with zero attached hydrogens (tertiary/aromatic N) is 3. The van der Waals surface area contributed by atoms with E-state index in [4.69, 9.17) is 0 Å². The first-order valence-corrected chi connectivity index (χ1v) is 10.9. The van der Waals surface area contributed by atoms with Crippen molar-refractivity contribution < 1.29 is 0 Å². The molecule has 0 saturated carbocycles. The maximum Gasteiger partial charge on any atom is 0.0155 e. The highest BCUT2D eigenvalue weighted by atomic mass is 15.3. The Balaban J connectivity index is 1.82. The fourth-order valence-electron chi connectivity index (χ4n) is 4.43. The quantitative estimate of drug-likeness (QED) is 0.698. The van der Waals surface area contributed by atoms with E-state index in [-0.39, 0.29) is 0 Å². The third kappa shape index (κ3) is 5.23. The maximum atomic E-state index is 2.74. The van der Waals surface area contributed by atoms with Crippen LogP contribution in [0.15, 0.2) is 0 Å². The molecule has 0 atom stereocenters. The van der Waals surface area contributed by atoms with Crippen LogP contribution in [0.5, 0.6) is 0 Å². The second-order valence-electron chi connectivity index (χ2n) is 12.2. The molecular weight excluding hydrogens is 318 g/mol. The first-order chi connectivity index (χ1) is 11.6. The standard InChI is InChI=1S/C23H47N3/c1-20(2,3)19-17-26(18-19)23(9,10)12-11-22(7,8)25-15-13-24(14-16-25)21(4,5)6/h19H,11-18H2,1-10H3. The van der Waals surface area contributed by atoms with Gasteiger partial charge in [-0.2, -0.15) is 0 Å². The zero-order chi connectivity index (χ0) is 20.0. The van der Waals surface area contributed by atoms with Crippen molar-refractivity contribution in [3.63, 3.8) is 0 Å². The Labute approximate surface area is 164 Å². The van der Waals surface area contributed by atoms with E-state index < -0.39 is 0 Å². The number of piperazine rings is 1. The molecule has 0 unspecified atom stereocenters. The molecule has 0 radical (unpaired) electrons. The van der Waals surface area contributed by atoms with Crippen molar-refractivity contribution in [3.05, 3.63) is 0 Å². The van der Waals surface area contributed by atoms with Gasteiger partial charge in [0, 0.05) is 55.9 Å². The van der Waals surface area contributed by atoms with E-state index in [1.807, 2.05) is 0 Å². The van der Waals surface area contributed by atoms with Crippen molar-refractivity contribution in [2.24, 2.45) is 11.3 Å². The van der Waals surface area contributed by atoms with Crippen LogP contribution in [-0.2, 0) is 0 Å². The normalized spacial score (nSPS) is 23.3. The lowest BCUT2D eigenvalue weighted by Crippen LogP contribution is -2.61. The van der Waals surface area contributed by atoms with Gasteiger partial charge in [0.15, 0.2) is 0 Å². The summed E-state index contributed by atoms with van der Waals surface area (Å²) in [6, 6.07) is 0. The highest BCUT2D eigenvalue weighted by Crippen LogP contribution is 2.39. The minimum Gasteiger partial charge on any atom is -0.298 e. The average Bonchev–Trinajstić information content (AvgIpc) is 2.41. The van der Waals surface area contributed by atoms with Crippen LogP contribution in [0.3, 0.4) is 0 Å². The lowest BCUT2D eigenvalue weighted by Gasteiger charge is -2.54. The summed E-state index contributed by atoms with van der Waals surface area (Å²) < 4.78 is 0. The van der Waals surface area contributed by atoms with Crippen molar-refractivity contribution in [2.75, 3.05) is 39.3 Å². The van der Waals surface area contributed by atoms with Gasteiger partial charge in [0.05, 0.1) is 0 Å². The summed E-state index contributed by atoms with van der Waals surface area (Å²) in [6.07, 6.45) is 2.57. The largest absolute Gasteiger partial charge is 0.298 e. The lowest BCUT2D eigenvalue weighted by atomic mass is 9.73. The van der Waals surface area contributed by atoms with E-state index >= 15 is 0 Å². The number of likely N-dealkylation sites (tertiary alicyclic amines) is 1. The first kappa shape index (κ1) is 22.2. The van der Waals surface area contributed by atoms with Crippen LogP contribution in [0, 0.1) is 11.3 Å². The van der Waals surface area contributed by atoms with Gasteiger partial charge in [0.1, 0.15) is 0 Å². The second-order valence-corrected chi connectivity index (χ2v) is 12.2. The SMILES string of the molecule is CC(C)(C)C1CN(C(C)(C)CCC(C)(C)N2CCN(C(C)(C)C)CC2)C1. The Kier molecular flexibility index (Phi) is 6.28. The smallest absolute Gasteiger partial charge is 0.0155 e. The minimum atomic E-state index is 0.301. The minimum absolute atomic E-state index is 0.301. The Hall–Kier alpha value is -0.120. The summed E-state index contributed by atoms with van der Waals surface area (Å²) >= 11 is 0. The predicted octanol–water partition coefficient (Wildman–Crippen LogP) is 4.72. The van der Waals surface area contributed by atoms with Crippen LogP contribution in [-0.4, -0.2) is 70.6 Å². The van der Waals surface area contributed by atoms with Crippen molar-refractivity contribution in [2.45, 2.75) is 98.7 Å². The molecule has 3 nitrogen and oxygen atoms in total. The molecule has 0 aromatic carbocycles. The van der Waals surface area contributed by atoms with Crippen LogP contribution in [0.25, 0.3) is 0 Å². The molecule has 0 N–H and O–H groups in total. The zero-order valence-corrected chi connectivity index (χ0v) is 19.6. The van der Waals surface area contributed by atoms with E-state index in [1.54, 1.807) is 0 Å². The second kappa shape index (κ2) is 7.37. The van der Waals surface area contributed by atoms with Crippen molar-refractivity contribution in [3.8, 4) is 0 Å². The predicted molar refractivity (Wildman–Crippen MR) is 115 cm³/mol. The van der Waals surface area contributed by atoms with Crippen LogP contribution in [0.1, 0.15) is 82.1 Å². The zero-order valence-electron chi connectivity index (χ0n) is 19.6. The topological polar surface area (TPSA) is 9.72 Å². The fourth-order valence-corrected chi connectivity index (χ4v) is 4.43. The Morgan fingerprint density at radius 3 is 1.35 bits per heavy atom.